The molecule has 1 aliphatic carbocycles. The highest BCUT2D eigenvalue weighted by molar-refractivity contribution is 5.85. The van der Waals surface area contributed by atoms with Gasteiger partial charge in [-0.15, -0.1) is 17.5 Å². The number of rotatable bonds is 3. The molecule has 0 aliphatic heterocycles. The Labute approximate surface area is 85.1 Å². The van der Waals surface area contributed by atoms with Crippen LogP contribution >= 0.6 is 12.4 Å². The second kappa shape index (κ2) is 6.00. The van der Waals surface area contributed by atoms with Crippen molar-refractivity contribution in [3.05, 3.63) is 12.2 Å². The molecule has 0 bridgehead atoms. The van der Waals surface area contributed by atoms with Crippen molar-refractivity contribution in [1.29, 1.82) is 0 Å². The number of hydrogen-bond donors (Lipinski definition) is 0. The normalized spacial score (nSPS) is 16.8. The molecule has 13 heavy (non-hydrogen) atoms. The van der Waals surface area contributed by atoms with Crippen molar-refractivity contribution in [2.45, 2.75) is 32.2 Å². The van der Waals surface area contributed by atoms with Gasteiger partial charge in [0.1, 0.15) is 0 Å². The zero-order chi connectivity index (χ0) is 8.97. The summed E-state index contributed by atoms with van der Waals surface area (Å²) >= 11 is 0. The van der Waals surface area contributed by atoms with E-state index >= 15 is 0 Å². The Bertz CT molecular complexity index is 190. The Balaban J connectivity index is 0.00000144. The number of carbonyl (C=O) groups excluding carboxylic acids is 1. The Hall–Kier alpha value is -0.540. The lowest BCUT2D eigenvalue weighted by atomic mass is 9.93. The van der Waals surface area contributed by atoms with Crippen LogP contribution in [0.3, 0.4) is 0 Å². The van der Waals surface area contributed by atoms with E-state index in [1.165, 1.54) is 12.5 Å². The Kier molecular flexibility index (Phi) is 5.75. The first-order chi connectivity index (χ1) is 5.74. The second-order valence-corrected chi connectivity index (χ2v) is 3.04. The molecular formula is C9H16ClNO2. The third-order valence-corrected chi connectivity index (χ3v) is 2.13. The molecule has 0 radical (unpaired) electrons. The van der Waals surface area contributed by atoms with Crippen molar-refractivity contribution < 1.29 is 9.63 Å². The van der Waals surface area contributed by atoms with Gasteiger partial charge in [-0.25, -0.2) is 4.79 Å². The molecule has 0 atom stereocenters. The quantitative estimate of drug-likeness (QED) is 0.521. The highest BCUT2D eigenvalue weighted by Gasteiger charge is 2.24. The maximum Gasteiger partial charge on any atom is 0.349 e. The highest BCUT2D eigenvalue weighted by Crippen LogP contribution is 2.23. The van der Waals surface area contributed by atoms with Crippen molar-refractivity contribution >= 4 is 18.4 Å². The van der Waals surface area contributed by atoms with E-state index in [-0.39, 0.29) is 18.4 Å². The van der Waals surface area contributed by atoms with Crippen molar-refractivity contribution in [3.63, 3.8) is 0 Å². The summed E-state index contributed by atoms with van der Waals surface area (Å²) in [6.45, 7) is 1.80. The van der Waals surface area contributed by atoms with E-state index in [2.05, 4.69) is 0 Å². The van der Waals surface area contributed by atoms with Crippen LogP contribution in [0.1, 0.15) is 26.2 Å². The smallest absolute Gasteiger partial charge is 0.349 e. The van der Waals surface area contributed by atoms with Gasteiger partial charge in [-0.2, -0.15) is 0 Å². The molecule has 0 aromatic rings. The van der Waals surface area contributed by atoms with E-state index in [9.17, 15) is 4.79 Å². The van der Waals surface area contributed by atoms with Gasteiger partial charge in [0.05, 0.1) is 0 Å². The lowest BCUT2D eigenvalue weighted by molar-refractivity contribution is -0.194. The first kappa shape index (κ1) is 12.5. The third-order valence-electron chi connectivity index (χ3n) is 2.13. The van der Waals surface area contributed by atoms with Crippen LogP contribution in [0.2, 0.25) is 0 Å². The molecule has 0 amide bonds. The van der Waals surface area contributed by atoms with E-state index in [1.807, 2.05) is 7.05 Å². The summed E-state index contributed by atoms with van der Waals surface area (Å²) in [5.41, 5.74) is 0. The van der Waals surface area contributed by atoms with Gasteiger partial charge in [0.2, 0.25) is 0 Å². The van der Waals surface area contributed by atoms with Gasteiger partial charge in [-0.05, 0) is 19.8 Å². The minimum absolute atomic E-state index is 0. The number of allylic oxidation sites excluding steroid dienone is 1. The van der Waals surface area contributed by atoms with Gasteiger partial charge in [0.15, 0.2) is 0 Å². The highest BCUT2D eigenvalue weighted by atomic mass is 35.5. The molecule has 0 spiro atoms. The van der Waals surface area contributed by atoms with Gasteiger partial charge < -0.3 is 4.84 Å². The lowest BCUT2D eigenvalue weighted by Gasteiger charge is -2.32. The molecule has 0 unspecified atom stereocenters. The van der Waals surface area contributed by atoms with Crippen LogP contribution in [0.5, 0.6) is 0 Å². The molecule has 4 heteroatoms. The van der Waals surface area contributed by atoms with Crippen molar-refractivity contribution in [3.8, 4) is 0 Å². The van der Waals surface area contributed by atoms with Crippen molar-refractivity contribution in [1.82, 2.24) is 5.06 Å². The maximum atomic E-state index is 10.9. The summed E-state index contributed by atoms with van der Waals surface area (Å²) in [6.07, 6.45) is 6.63. The third kappa shape index (κ3) is 3.79. The predicted octanol–water partition coefficient (Wildman–Crippen LogP) is 1.93. The Morgan fingerprint density at radius 2 is 2.15 bits per heavy atom. The fourth-order valence-electron chi connectivity index (χ4n) is 1.13. The van der Waals surface area contributed by atoms with Crippen molar-refractivity contribution in [2.24, 2.45) is 0 Å². The molecule has 1 fully saturated rings. The first-order valence-electron chi connectivity index (χ1n) is 4.31. The first-order valence-corrected chi connectivity index (χ1v) is 4.31. The standard InChI is InChI=1S/C9H15NO2.ClH/c1-3-5-9(11)12-10(2)8-6-4-7-8;/h3,5,8H,4,6-7H2,1-2H3;1H/b5-3+;. The van der Waals surface area contributed by atoms with Gasteiger partial charge in [0.25, 0.3) is 0 Å². The monoisotopic (exact) mass is 205 g/mol. The van der Waals surface area contributed by atoms with Crippen LogP contribution in [-0.2, 0) is 9.63 Å². The van der Waals surface area contributed by atoms with Crippen LogP contribution in [0, 0.1) is 0 Å². The molecule has 1 rings (SSSR count). The number of hydroxylamine groups is 2. The van der Waals surface area contributed by atoms with Crippen LogP contribution in [0.25, 0.3) is 0 Å². The minimum Gasteiger partial charge on any atom is -0.364 e. The van der Waals surface area contributed by atoms with E-state index < -0.39 is 0 Å². The van der Waals surface area contributed by atoms with Crippen LogP contribution in [0.4, 0.5) is 0 Å². The van der Waals surface area contributed by atoms with Gasteiger partial charge in [-0.3, -0.25) is 0 Å². The maximum absolute atomic E-state index is 10.9. The fraction of sp³-hybridized carbons (Fsp3) is 0.667. The zero-order valence-electron chi connectivity index (χ0n) is 8.03. The fourth-order valence-corrected chi connectivity index (χ4v) is 1.13. The van der Waals surface area contributed by atoms with Gasteiger partial charge in [-0.1, -0.05) is 12.5 Å². The van der Waals surface area contributed by atoms with E-state index in [1.54, 1.807) is 18.1 Å². The summed E-state index contributed by atoms with van der Waals surface area (Å²) in [7, 11) is 1.81. The minimum atomic E-state index is -0.285. The molecule has 0 saturated heterocycles. The molecule has 1 saturated carbocycles. The summed E-state index contributed by atoms with van der Waals surface area (Å²) < 4.78 is 0. The van der Waals surface area contributed by atoms with Crippen LogP contribution < -0.4 is 0 Å². The summed E-state index contributed by atoms with van der Waals surface area (Å²) in [6, 6.07) is 0.444. The molecule has 1 aliphatic rings. The zero-order valence-corrected chi connectivity index (χ0v) is 8.84. The lowest BCUT2D eigenvalue weighted by Crippen LogP contribution is -2.38. The Morgan fingerprint density at radius 1 is 1.54 bits per heavy atom. The van der Waals surface area contributed by atoms with E-state index in [0.29, 0.717) is 6.04 Å². The largest absolute Gasteiger partial charge is 0.364 e. The van der Waals surface area contributed by atoms with E-state index in [0.717, 1.165) is 12.8 Å². The SMILES string of the molecule is C/C=C/C(=O)ON(C)C1CCC1.Cl. The molecule has 76 valence electrons. The summed E-state index contributed by atoms with van der Waals surface area (Å²) in [4.78, 5) is 15.9. The van der Waals surface area contributed by atoms with Gasteiger partial charge >= 0.3 is 5.97 Å². The second-order valence-electron chi connectivity index (χ2n) is 3.04. The topological polar surface area (TPSA) is 29.5 Å². The average Bonchev–Trinajstić information content (AvgIpc) is 1.82. The number of hydrogen-bond acceptors (Lipinski definition) is 3. The Morgan fingerprint density at radius 3 is 2.54 bits per heavy atom. The molecule has 0 aromatic heterocycles. The predicted molar refractivity (Wildman–Crippen MR) is 53.6 cm³/mol. The summed E-state index contributed by atoms with van der Waals surface area (Å²) in [5.74, 6) is -0.285. The van der Waals surface area contributed by atoms with Crippen LogP contribution in [0.15, 0.2) is 12.2 Å². The number of carbonyl (C=O) groups is 1. The average molecular weight is 206 g/mol. The molecular weight excluding hydrogens is 190 g/mol. The molecule has 3 nitrogen and oxygen atoms in total. The van der Waals surface area contributed by atoms with Gasteiger partial charge in [0, 0.05) is 19.2 Å². The molecule has 0 N–H and O–H groups in total. The van der Waals surface area contributed by atoms with Crippen LogP contribution in [-0.4, -0.2) is 24.1 Å². The van der Waals surface area contributed by atoms with E-state index in [4.69, 9.17) is 4.84 Å². The number of halogens is 1. The summed E-state index contributed by atoms with van der Waals surface area (Å²) in [5, 5.41) is 1.66. The molecule has 0 heterocycles. The number of nitrogens with zero attached hydrogens (tertiary/aromatic N) is 1. The van der Waals surface area contributed by atoms with Crippen molar-refractivity contribution in [2.75, 3.05) is 7.05 Å². The molecule has 0 aromatic carbocycles.